The number of rotatable bonds is 9. The molecule has 0 saturated carbocycles. The van der Waals surface area contributed by atoms with Gasteiger partial charge < -0.3 is 24.8 Å². The first kappa shape index (κ1) is 31.3. The Morgan fingerprint density at radius 2 is 1.88 bits per heavy atom. The largest absolute Gasteiger partial charge is 0.496 e. The molecule has 2 saturated heterocycles. The van der Waals surface area contributed by atoms with Crippen LogP contribution >= 0.6 is 0 Å². The van der Waals surface area contributed by atoms with Crippen LogP contribution in [0.3, 0.4) is 0 Å². The molecule has 3 aliphatic rings. The second kappa shape index (κ2) is 13.2. The third-order valence-corrected chi connectivity index (χ3v) is 8.78. The molecule has 0 bridgehead atoms. The van der Waals surface area contributed by atoms with Crippen molar-refractivity contribution in [2.75, 3.05) is 58.4 Å². The Balaban J connectivity index is 1.34. The van der Waals surface area contributed by atoms with Crippen LogP contribution in [0.1, 0.15) is 59.6 Å². The van der Waals surface area contributed by atoms with Gasteiger partial charge in [-0.25, -0.2) is 0 Å². The molecule has 2 fully saturated rings. The van der Waals surface area contributed by atoms with Crippen LogP contribution in [0, 0.1) is 5.92 Å². The maximum Gasteiger partial charge on any atom is 0.416 e. The van der Waals surface area contributed by atoms with Crippen LogP contribution in [0.15, 0.2) is 30.3 Å². The molecule has 11 heteroatoms. The van der Waals surface area contributed by atoms with E-state index in [4.69, 9.17) is 9.47 Å². The van der Waals surface area contributed by atoms with Crippen LogP contribution in [0.4, 0.5) is 18.9 Å². The molecule has 5 rings (SSSR count). The summed E-state index contributed by atoms with van der Waals surface area (Å²) in [7, 11) is 1.54. The lowest BCUT2D eigenvalue weighted by Gasteiger charge is -2.40. The molecule has 0 radical (unpaired) electrons. The smallest absolute Gasteiger partial charge is 0.416 e. The Kier molecular flexibility index (Phi) is 9.63. The van der Waals surface area contributed by atoms with E-state index in [0.717, 1.165) is 44.7 Å². The van der Waals surface area contributed by atoms with Gasteiger partial charge in [0.1, 0.15) is 5.75 Å². The van der Waals surface area contributed by atoms with Gasteiger partial charge in [-0.2, -0.15) is 13.2 Å². The van der Waals surface area contributed by atoms with Gasteiger partial charge in [-0.1, -0.05) is 26.0 Å². The molecular weight excluding hydrogens is 561 g/mol. The molecule has 43 heavy (non-hydrogen) atoms. The second-order valence-electron chi connectivity index (χ2n) is 11.9. The highest BCUT2D eigenvalue weighted by Crippen LogP contribution is 2.43. The summed E-state index contributed by atoms with van der Waals surface area (Å²) in [6, 6.07) is 7.03. The molecule has 234 valence electrons. The van der Waals surface area contributed by atoms with E-state index in [1.807, 2.05) is 24.8 Å². The molecule has 0 unspecified atom stereocenters. The van der Waals surface area contributed by atoms with Gasteiger partial charge in [-0.3, -0.25) is 14.7 Å². The number of alkyl halides is 3. The predicted octanol–water partition coefficient (Wildman–Crippen LogP) is 4.55. The first-order chi connectivity index (χ1) is 20.6. The van der Waals surface area contributed by atoms with Gasteiger partial charge >= 0.3 is 6.18 Å². The minimum Gasteiger partial charge on any atom is -0.496 e. The van der Waals surface area contributed by atoms with Crippen molar-refractivity contribution in [2.45, 2.75) is 57.8 Å². The average molecular weight is 603 g/mol. The SMILES string of the molecule is COc1cc(C(=O)N2CCC(N3CCOCC3)CC2)ccc1Cc1cc(N[C@@H](CO)C(C)C)c2c(n1)CC=C2C(F)(F)F. The summed E-state index contributed by atoms with van der Waals surface area (Å²) >= 11 is 0. The Labute approximate surface area is 250 Å². The molecule has 2 aromatic rings. The number of methoxy groups -OCH3 is 1. The van der Waals surface area contributed by atoms with Crippen LogP contribution in [-0.4, -0.2) is 97.2 Å². The van der Waals surface area contributed by atoms with E-state index >= 15 is 0 Å². The van der Waals surface area contributed by atoms with Crippen LogP contribution < -0.4 is 10.1 Å². The Hall–Kier alpha value is -3.15. The molecule has 3 heterocycles. The van der Waals surface area contributed by atoms with E-state index in [1.165, 1.54) is 13.2 Å². The lowest BCUT2D eigenvalue weighted by molar-refractivity contribution is -0.0687. The van der Waals surface area contributed by atoms with Crippen LogP contribution in [-0.2, 0) is 17.6 Å². The summed E-state index contributed by atoms with van der Waals surface area (Å²) in [4.78, 5) is 22.3. The topological polar surface area (TPSA) is 87.2 Å². The minimum absolute atomic E-state index is 0.00711. The highest BCUT2D eigenvalue weighted by molar-refractivity contribution is 5.95. The molecule has 1 aliphatic carbocycles. The summed E-state index contributed by atoms with van der Waals surface area (Å²) < 4.78 is 52.7. The number of fused-ring (bicyclic) bond motifs is 1. The van der Waals surface area contributed by atoms with Crippen molar-refractivity contribution < 1.29 is 32.5 Å². The zero-order valence-corrected chi connectivity index (χ0v) is 25.0. The number of piperidine rings is 1. The summed E-state index contributed by atoms with van der Waals surface area (Å²) in [5.74, 6) is 0.476. The molecule has 2 N–H and O–H groups in total. The number of aliphatic hydroxyl groups excluding tert-OH is 1. The highest BCUT2D eigenvalue weighted by Gasteiger charge is 2.40. The molecule has 0 spiro atoms. The van der Waals surface area contributed by atoms with Gasteiger partial charge in [0.25, 0.3) is 5.91 Å². The number of amides is 1. The Morgan fingerprint density at radius 3 is 2.51 bits per heavy atom. The third-order valence-electron chi connectivity index (χ3n) is 8.78. The van der Waals surface area contributed by atoms with Crippen molar-refractivity contribution in [1.29, 1.82) is 0 Å². The number of halogens is 3. The monoisotopic (exact) mass is 602 g/mol. The summed E-state index contributed by atoms with van der Waals surface area (Å²) in [6.07, 6.45) is -1.11. The zero-order valence-electron chi connectivity index (χ0n) is 25.0. The maximum absolute atomic E-state index is 13.9. The van der Waals surface area contributed by atoms with E-state index in [9.17, 15) is 23.1 Å². The number of carbonyl (C=O) groups is 1. The number of carbonyl (C=O) groups excluding carboxylic acids is 1. The number of ether oxygens (including phenoxy) is 2. The van der Waals surface area contributed by atoms with Crippen molar-refractivity contribution in [3.8, 4) is 5.75 Å². The number of aliphatic hydroxyl groups is 1. The van der Waals surface area contributed by atoms with E-state index in [2.05, 4.69) is 15.2 Å². The first-order valence-corrected chi connectivity index (χ1v) is 15.0. The lowest BCUT2D eigenvalue weighted by Crippen LogP contribution is -2.50. The average Bonchev–Trinajstić information content (AvgIpc) is 3.45. The van der Waals surface area contributed by atoms with Gasteiger partial charge in [0.05, 0.1) is 44.2 Å². The normalized spacial score (nSPS) is 18.9. The van der Waals surface area contributed by atoms with Gasteiger partial charge in [0, 0.05) is 73.1 Å². The molecule has 1 atom stereocenters. The molecule has 1 amide bonds. The number of allylic oxidation sites excluding steroid dienone is 2. The quantitative estimate of drug-likeness (QED) is 0.436. The number of nitrogens with zero attached hydrogens (tertiary/aromatic N) is 3. The number of aromatic nitrogens is 1. The summed E-state index contributed by atoms with van der Waals surface area (Å²) in [6.45, 7) is 8.36. The molecule has 1 aromatic heterocycles. The van der Waals surface area contributed by atoms with Crippen molar-refractivity contribution in [1.82, 2.24) is 14.8 Å². The number of nitrogens with one attached hydrogen (secondary N) is 1. The van der Waals surface area contributed by atoms with Crippen LogP contribution in [0.5, 0.6) is 5.75 Å². The first-order valence-electron chi connectivity index (χ1n) is 15.0. The van der Waals surface area contributed by atoms with Crippen LogP contribution in [0.25, 0.3) is 5.57 Å². The molecule has 8 nitrogen and oxygen atoms in total. The standard InChI is InChI=1S/C32H41F3N4O4/c1-20(2)28(19-40)37-27-18-23(36-26-7-6-25(30(26)27)32(33,34)35)16-21-4-5-22(17-29(21)42-3)31(41)39-10-8-24(9-11-39)38-12-14-43-15-13-38/h4-6,17-18,20,24,28,40H,7-16,19H2,1-3H3,(H,36,37)/t28-/m0/s1. The van der Waals surface area contributed by atoms with E-state index < -0.39 is 17.8 Å². The fraction of sp³-hybridized carbons (Fsp3) is 0.562. The number of hydrogen-bond donors (Lipinski definition) is 2. The lowest BCUT2D eigenvalue weighted by atomic mass is 9.99. The van der Waals surface area contributed by atoms with Crippen LogP contribution in [0.2, 0.25) is 0 Å². The summed E-state index contributed by atoms with van der Waals surface area (Å²) in [5.41, 5.74) is 1.87. The van der Waals surface area contributed by atoms with Crippen molar-refractivity contribution in [3.05, 3.63) is 58.4 Å². The third kappa shape index (κ3) is 6.99. The van der Waals surface area contributed by atoms with E-state index in [0.29, 0.717) is 53.9 Å². The maximum atomic E-state index is 13.9. The van der Waals surface area contributed by atoms with Crippen molar-refractivity contribution >= 4 is 17.2 Å². The number of likely N-dealkylation sites (tertiary alicyclic amines) is 1. The Bertz CT molecular complexity index is 1330. The van der Waals surface area contributed by atoms with Gasteiger partial charge in [0.15, 0.2) is 0 Å². The van der Waals surface area contributed by atoms with Crippen molar-refractivity contribution in [2.24, 2.45) is 5.92 Å². The molecular formula is C32H41F3N4O4. The number of hydrogen-bond acceptors (Lipinski definition) is 7. The predicted molar refractivity (Wildman–Crippen MR) is 158 cm³/mol. The molecule has 2 aliphatic heterocycles. The van der Waals surface area contributed by atoms with Crippen molar-refractivity contribution in [3.63, 3.8) is 0 Å². The van der Waals surface area contributed by atoms with E-state index in [-0.39, 0.29) is 30.4 Å². The number of anilines is 1. The Morgan fingerprint density at radius 1 is 1.16 bits per heavy atom. The fourth-order valence-electron chi connectivity index (χ4n) is 6.27. The van der Waals surface area contributed by atoms with Gasteiger partial charge in [-0.15, -0.1) is 0 Å². The zero-order chi connectivity index (χ0) is 30.7. The summed E-state index contributed by atoms with van der Waals surface area (Å²) in [5, 5.41) is 13.0. The second-order valence-corrected chi connectivity index (χ2v) is 11.9. The van der Waals surface area contributed by atoms with E-state index in [1.54, 1.807) is 18.2 Å². The fourth-order valence-corrected chi connectivity index (χ4v) is 6.27. The van der Waals surface area contributed by atoms with Gasteiger partial charge in [-0.05, 0) is 37.0 Å². The number of morpholine rings is 1. The number of benzene rings is 1. The highest BCUT2D eigenvalue weighted by atomic mass is 19.4. The molecule has 1 aromatic carbocycles. The van der Waals surface area contributed by atoms with Gasteiger partial charge in [0.2, 0.25) is 0 Å². The minimum atomic E-state index is -4.51. The number of pyridine rings is 1.